The smallest absolute Gasteiger partial charge is 0.337 e. The van der Waals surface area contributed by atoms with Gasteiger partial charge in [-0.25, -0.2) is 4.98 Å². The van der Waals surface area contributed by atoms with Crippen LogP contribution in [0, 0.1) is 0 Å². The van der Waals surface area contributed by atoms with Crippen molar-refractivity contribution in [3.63, 3.8) is 0 Å². The number of unbranched alkanes of at least 4 members (excludes halogenated alkanes) is 1. The molecule has 130 valence electrons. The van der Waals surface area contributed by atoms with Gasteiger partial charge < -0.3 is 15.2 Å². The third-order valence-corrected chi connectivity index (χ3v) is 3.35. The van der Waals surface area contributed by atoms with E-state index in [1.54, 1.807) is 24.7 Å². The molecule has 0 aliphatic carbocycles. The first-order chi connectivity index (χ1) is 11.4. The fourth-order valence-corrected chi connectivity index (χ4v) is 2.16. The van der Waals surface area contributed by atoms with Crippen LogP contribution in [0.3, 0.4) is 0 Å². The zero-order chi connectivity index (χ0) is 17.4. The van der Waals surface area contributed by atoms with Crippen molar-refractivity contribution in [1.82, 2.24) is 14.9 Å². The van der Waals surface area contributed by atoms with Gasteiger partial charge in [-0.3, -0.25) is 4.79 Å². The van der Waals surface area contributed by atoms with Crippen LogP contribution >= 0.6 is 0 Å². The third kappa shape index (κ3) is 6.04. The van der Waals surface area contributed by atoms with Crippen LogP contribution < -0.4 is 10.6 Å². The minimum absolute atomic E-state index is 0.136. The van der Waals surface area contributed by atoms with Crippen molar-refractivity contribution in [3.8, 4) is 0 Å². The Balaban J connectivity index is 1.69. The summed E-state index contributed by atoms with van der Waals surface area (Å²) in [5, 5.41) is 5.08. The number of nitrogens with zero attached hydrogens (tertiary/aromatic N) is 2. The van der Waals surface area contributed by atoms with Crippen molar-refractivity contribution >= 4 is 11.6 Å². The number of hydrogen-bond acceptors (Lipinski definition) is 3. The fraction of sp³-hybridized carbons (Fsp3) is 0.375. The van der Waals surface area contributed by atoms with Crippen molar-refractivity contribution in [1.29, 1.82) is 0 Å². The molecule has 1 amide bonds. The Morgan fingerprint density at radius 1 is 1.25 bits per heavy atom. The van der Waals surface area contributed by atoms with Gasteiger partial charge in [0.15, 0.2) is 0 Å². The Morgan fingerprint density at radius 2 is 2.08 bits per heavy atom. The van der Waals surface area contributed by atoms with Crippen molar-refractivity contribution in [2.24, 2.45) is 0 Å². The predicted octanol–water partition coefficient (Wildman–Crippen LogP) is 2.95. The number of alkyl halides is 3. The summed E-state index contributed by atoms with van der Waals surface area (Å²) < 4.78 is 38.7. The van der Waals surface area contributed by atoms with Crippen molar-refractivity contribution in [2.75, 3.05) is 11.9 Å². The predicted molar refractivity (Wildman–Crippen MR) is 84.3 cm³/mol. The van der Waals surface area contributed by atoms with Crippen LogP contribution in [0.2, 0.25) is 0 Å². The summed E-state index contributed by atoms with van der Waals surface area (Å²) in [5.74, 6) is -1.97. The zero-order valence-corrected chi connectivity index (χ0v) is 13.0. The number of hydrogen-bond donors (Lipinski definition) is 2. The number of halogens is 3. The van der Waals surface area contributed by atoms with Crippen molar-refractivity contribution in [2.45, 2.75) is 32.1 Å². The molecule has 2 rings (SSSR count). The maximum absolute atomic E-state index is 12.2. The van der Waals surface area contributed by atoms with E-state index < -0.39 is 12.1 Å². The second-order valence-corrected chi connectivity index (χ2v) is 5.34. The molecule has 8 heteroatoms. The highest BCUT2D eigenvalue weighted by molar-refractivity contribution is 5.94. The van der Waals surface area contributed by atoms with E-state index in [2.05, 4.69) is 10.3 Å². The molecule has 0 spiro atoms. The lowest BCUT2D eigenvalue weighted by atomic mass is 10.2. The highest BCUT2D eigenvalue weighted by Crippen LogP contribution is 2.18. The Kier molecular flexibility index (Phi) is 6.36. The molecule has 0 aliphatic rings. The van der Waals surface area contributed by atoms with Crippen LogP contribution in [0.1, 0.15) is 18.4 Å². The number of amides is 1. The van der Waals surface area contributed by atoms with Gasteiger partial charge in [0.25, 0.3) is 0 Å². The van der Waals surface area contributed by atoms with E-state index in [-0.39, 0.29) is 5.69 Å². The monoisotopic (exact) mass is 340 g/mol. The molecule has 24 heavy (non-hydrogen) atoms. The lowest BCUT2D eigenvalue weighted by molar-refractivity contribution is -0.167. The van der Waals surface area contributed by atoms with Crippen LogP contribution in [0.15, 0.2) is 43.0 Å². The molecule has 0 radical (unpaired) electrons. The first-order valence-electron chi connectivity index (χ1n) is 7.59. The molecule has 0 fully saturated rings. The highest BCUT2D eigenvalue weighted by atomic mass is 19.4. The van der Waals surface area contributed by atoms with Gasteiger partial charge in [0.2, 0.25) is 0 Å². The van der Waals surface area contributed by atoms with Crippen LogP contribution in [0.5, 0.6) is 0 Å². The molecule has 1 aromatic carbocycles. The van der Waals surface area contributed by atoms with Crippen LogP contribution in [0.4, 0.5) is 18.9 Å². The number of aryl methyl sites for hydroxylation is 1. The SMILES string of the molecule is O=C(Nc1cccc(CNCCCCn2ccnc2)c1)C(F)(F)F. The van der Waals surface area contributed by atoms with Gasteiger partial charge in [0, 0.05) is 31.2 Å². The lowest BCUT2D eigenvalue weighted by Gasteiger charge is -2.10. The zero-order valence-electron chi connectivity index (χ0n) is 13.0. The highest BCUT2D eigenvalue weighted by Gasteiger charge is 2.38. The molecule has 0 aliphatic heterocycles. The number of rotatable bonds is 8. The summed E-state index contributed by atoms with van der Waals surface area (Å²) >= 11 is 0. The second-order valence-electron chi connectivity index (χ2n) is 5.34. The summed E-state index contributed by atoms with van der Waals surface area (Å²) in [7, 11) is 0. The van der Waals surface area contributed by atoms with Gasteiger partial charge in [-0.2, -0.15) is 13.2 Å². The summed E-state index contributed by atoms with van der Waals surface area (Å²) in [5.41, 5.74) is 0.946. The number of carbonyl (C=O) groups excluding carboxylic acids is 1. The van der Waals surface area contributed by atoms with Crippen LogP contribution in [-0.4, -0.2) is 28.2 Å². The largest absolute Gasteiger partial charge is 0.471 e. The number of aromatic nitrogens is 2. The molecule has 0 unspecified atom stereocenters. The van der Waals surface area contributed by atoms with Crippen molar-refractivity contribution in [3.05, 3.63) is 48.5 Å². The molecule has 5 nitrogen and oxygen atoms in total. The van der Waals surface area contributed by atoms with Gasteiger partial charge >= 0.3 is 12.1 Å². The van der Waals surface area contributed by atoms with E-state index in [4.69, 9.17) is 0 Å². The van der Waals surface area contributed by atoms with Gasteiger partial charge in [0.1, 0.15) is 0 Å². The molecule has 1 aromatic heterocycles. The van der Waals surface area contributed by atoms with E-state index in [9.17, 15) is 18.0 Å². The minimum Gasteiger partial charge on any atom is -0.337 e. The number of benzene rings is 1. The first-order valence-corrected chi connectivity index (χ1v) is 7.59. The maximum atomic E-state index is 12.2. The van der Waals surface area contributed by atoms with Crippen molar-refractivity contribution < 1.29 is 18.0 Å². The normalized spacial score (nSPS) is 11.5. The molecule has 0 bridgehead atoms. The quantitative estimate of drug-likeness (QED) is 0.727. The van der Waals surface area contributed by atoms with Gasteiger partial charge in [-0.1, -0.05) is 12.1 Å². The Bertz CT molecular complexity index is 641. The van der Waals surface area contributed by atoms with Gasteiger partial charge in [-0.05, 0) is 37.1 Å². The Morgan fingerprint density at radius 3 is 2.79 bits per heavy atom. The van der Waals surface area contributed by atoms with E-state index in [0.29, 0.717) is 6.54 Å². The molecular formula is C16H19F3N4O. The lowest BCUT2D eigenvalue weighted by Crippen LogP contribution is -2.29. The molecular weight excluding hydrogens is 321 g/mol. The third-order valence-electron chi connectivity index (χ3n) is 3.35. The summed E-state index contributed by atoms with van der Waals surface area (Å²) in [6, 6.07) is 6.37. The number of nitrogens with one attached hydrogen (secondary N) is 2. The molecule has 1 heterocycles. The second kappa shape index (κ2) is 8.49. The van der Waals surface area contributed by atoms with E-state index in [0.717, 1.165) is 31.5 Å². The standard InChI is InChI=1S/C16H19F3N4O/c17-16(18,19)15(24)22-14-5-3-4-13(10-14)11-20-6-1-2-8-23-9-7-21-12-23/h3-5,7,9-10,12,20H,1-2,6,8,11H2,(H,22,24). The topological polar surface area (TPSA) is 59.0 Å². The molecule has 0 saturated carbocycles. The van der Waals surface area contributed by atoms with E-state index in [1.807, 2.05) is 16.1 Å². The fourth-order valence-electron chi connectivity index (χ4n) is 2.16. The average molecular weight is 340 g/mol. The van der Waals surface area contributed by atoms with E-state index in [1.165, 1.54) is 12.1 Å². The van der Waals surface area contributed by atoms with Crippen LogP contribution in [0.25, 0.3) is 0 Å². The summed E-state index contributed by atoms with van der Waals surface area (Å²) in [6.45, 7) is 2.23. The average Bonchev–Trinajstić information content (AvgIpc) is 3.03. The molecule has 0 saturated heterocycles. The number of anilines is 1. The number of carbonyl (C=O) groups is 1. The van der Waals surface area contributed by atoms with Gasteiger partial charge in [-0.15, -0.1) is 0 Å². The molecule has 2 N–H and O–H groups in total. The summed E-state index contributed by atoms with van der Waals surface area (Å²) in [4.78, 5) is 14.9. The maximum Gasteiger partial charge on any atom is 0.471 e. The first kappa shape index (κ1) is 18.0. The molecule has 2 aromatic rings. The van der Waals surface area contributed by atoms with E-state index >= 15 is 0 Å². The Hall–Kier alpha value is -2.35. The van der Waals surface area contributed by atoms with Crippen LogP contribution in [-0.2, 0) is 17.9 Å². The molecule has 0 atom stereocenters. The number of imidazole rings is 1. The Labute approximate surface area is 137 Å². The summed E-state index contributed by atoms with van der Waals surface area (Å²) in [6.07, 6.45) is 2.52. The minimum atomic E-state index is -4.89. The van der Waals surface area contributed by atoms with Gasteiger partial charge in [0.05, 0.1) is 6.33 Å².